The van der Waals surface area contributed by atoms with Gasteiger partial charge in [-0.05, 0) is 44.4 Å². The summed E-state index contributed by atoms with van der Waals surface area (Å²) in [6.07, 6.45) is 3.55. The second-order valence-corrected chi connectivity index (χ2v) is 4.85. The summed E-state index contributed by atoms with van der Waals surface area (Å²) in [4.78, 5) is 10.8. The summed E-state index contributed by atoms with van der Waals surface area (Å²) in [5, 5.41) is 3.07. The Balaban J connectivity index is 0.000000413. The van der Waals surface area contributed by atoms with Gasteiger partial charge in [0.05, 0.1) is 6.20 Å². The van der Waals surface area contributed by atoms with E-state index >= 15 is 0 Å². The molecule has 0 aliphatic carbocycles. The van der Waals surface area contributed by atoms with Gasteiger partial charge in [0.25, 0.3) is 0 Å². The minimum atomic E-state index is -0.667. The first-order chi connectivity index (χ1) is 11.6. The largest absolute Gasteiger partial charge is 0.459 e. The molecule has 0 aliphatic rings. The first-order valence-corrected chi connectivity index (χ1v) is 7.61. The molecule has 0 fully saturated rings. The van der Waals surface area contributed by atoms with E-state index in [2.05, 4.69) is 33.9 Å². The fourth-order valence-corrected chi connectivity index (χ4v) is 1.60. The molecule has 0 unspecified atom stereocenters. The van der Waals surface area contributed by atoms with Gasteiger partial charge < -0.3 is 10.1 Å². The average molecular weight is 336 g/mol. The third-order valence-corrected chi connectivity index (χ3v) is 2.91. The number of hydrogen-bond donors (Lipinski definition) is 1. The first-order valence-electron chi connectivity index (χ1n) is 7.61. The zero-order chi connectivity index (χ0) is 17.8. The van der Waals surface area contributed by atoms with E-state index in [1.807, 2.05) is 7.05 Å². The van der Waals surface area contributed by atoms with Crippen LogP contribution in [0, 0.1) is 11.6 Å². The molecule has 0 saturated carbocycles. The summed E-state index contributed by atoms with van der Waals surface area (Å²) < 4.78 is 30.9. The Morgan fingerprint density at radius 1 is 1.25 bits per heavy atom. The number of unbranched alkanes of at least 4 members (excludes halogenated alkanes) is 1. The number of hydrogen-bond acceptors (Lipinski definition) is 5. The molecule has 0 bridgehead atoms. The van der Waals surface area contributed by atoms with Crippen LogP contribution in [0.4, 0.5) is 14.6 Å². The van der Waals surface area contributed by atoms with Crippen LogP contribution < -0.4 is 10.1 Å². The number of benzene rings is 1. The Labute approximate surface area is 140 Å². The van der Waals surface area contributed by atoms with Gasteiger partial charge in [-0.15, -0.1) is 0 Å². The van der Waals surface area contributed by atoms with E-state index in [1.54, 1.807) is 12.1 Å². The van der Waals surface area contributed by atoms with Crippen LogP contribution in [-0.4, -0.2) is 30.3 Å². The molecule has 0 radical (unpaired) electrons. The van der Waals surface area contributed by atoms with Gasteiger partial charge >= 0.3 is 6.01 Å². The third kappa shape index (κ3) is 7.23. The highest BCUT2D eigenvalue weighted by Gasteiger charge is 2.06. The molecular weight excluding hydrogens is 314 g/mol. The minimum Gasteiger partial charge on any atom is -0.459 e. The summed E-state index contributed by atoms with van der Waals surface area (Å²) in [5.41, 5.74) is 0.748. The number of halogens is 2. The molecule has 0 spiro atoms. The Morgan fingerprint density at radius 2 is 1.96 bits per heavy atom. The van der Waals surface area contributed by atoms with Crippen molar-refractivity contribution < 1.29 is 13.5 Å². The lowest BCUT2D eigenvalue weighted by atomic mass is 10.2. The summed E-state index contributed by atoms with van der Waals surface area (Å²) in [6.45, 7) is 6.69. The first kappa shape index (κ1) is 19.6. The second kappa shape index (κ2) is 11.2. The fourth-order valence-electron chi connectivity index (χ4n) is 1.60. The molecule has 24 heavy (non-hydrogen) atoms. The van der Waals surface area contributed by atoms with Gasteiger partial charge in [-0.25, -0.2) is 18.8 Å². The van der Waals surface area contributed by atoms with Crippen molar-refractivity contribution in [1.29, 1.82) is 0 Å². The number of aromatic nitrogens is 2. The predicted octanol–water partition coefficient (Wildman–Crippen LogP) is 3.67. The summed E-state index contributed by atoms with van der Waals surface area (Å²) in [6, 6.07) is 5.78. The van der Waals surface area contributed by atoms with Crippen LogP contribution in [0.15, 0.2) is 35.5 Å². The van der Waals surface area contributed by atoms with Gasteiger partial charge in [0.2, 0.25) is 0 Å². The fraction of sp³-hybridized carbons (Fsp3) is 0.353. The summed E-state index contributed by atoms with van der Waals surface area (Å²) in [7, 11) is 1.98. The van der Waals surface area contributed by atoms with Crippen molar-refractivity contribution in [3.05, 3.63) is 47.7 Å². The van der Waals surface area contributed by atoms with Crippen LogP contribution in [0.25, 0.3) is 0 Å². The molecule has 5 nitrogen and oxygen atoms in total. The van der Waals surface area contributed by atoms with E-state index in [1.165, 1.54) is 25.0 Å². The second-order valence-electron chi connectivity index (χ2n) is 4.85. The van der Waals surface area contributed by atoms with Crippen molar-refractivity contribution in [1.82, 2.24) is 15.3 Å². The average Bonchev–Trinajstić information content (AvgIpc) is 2.61. The monoisotopic (exact) mass is 336 g/mol. The van der Waals surface area contributed by atoms with Gasteiger partial charge in [0, 0.05) is 0 Å². The standard InChI is InChI=1S/C12H9F2N3O.C5H13N/c1-15-11-10(14)6-16-12(17-11)18-7-8-2-4-9(13)5-3-8;1-3-4-5-6-2/h2-6H,1,7H2;6H,3-5H2,1-2H3. The van der Waals surface area contributed by atoms with Crippen LogP contribution in [0.2, 0.25) is 0 Å². The highest BCUT2D eigenvalue weighted by molar-refractivity contribution is 5.40. The van der Waals surface area contributed by atoms with E-state index in [9.17, 15) is 8.78 Å². The van der Waals surface area contributed by atoms with Crippen LogP contribution in [-0.2, 0) is 6.61 Å². The maximum Gasteiger partial charge on any atom is 0.318 e. The van der Waals surface area contributed by atoms with Crippen molar-refractivity contribution >= 4 is 12.5 Å². The van der Waals surface area contributed by atoms with E-state index < -0.39 is 5.82 Å². The van der Waals surface area contributed by atoms with E-state index in [0.717, 1.165) is 18.3 Å². The highest BCUT2D eigenvalue weighted by Crippen LogP contribution is 2.16. The third-order valence-electron chi connectivity index (χ3n) is 2.91. The Bertz CT molecular complexity index is 616. The Hall–Kier alpha value is -2.41. The molecule has 0 saturated heterocycles. The lowest BCUT2D eigenvalue weighted by Crippen LogP contribution is -2.06. The molecule has 1 N–H and O–H groups in total. The highest BCUT2D eigenvalue weighted by atomic mass is 19.1. The molecule has 1 heterocycles. The van der Waals surface area contributed by atoms with E-state index in [4.69, 9.17) is 4.74 Å². The van der Waals surface area contributed by atoms with Gasteiger partial charge in [0.15, 0.2) is 11.6 Å². The molecule has 2 aromatic rings. The molecule has 1 aromatic carbocycles. The van der Waals surface area contributed by atoms with Gasteiger partial charge in [-0.2, -0.15) is 4.98 Å². The normalized spacial score (nSPS) is 9.83. The quantitative estimate of drug-likeness (QED) is 0.619. The molecule has 0 amide bonds. The number of ether oxygens (including phenoxy) is 1. The molecule has 2 rings (SSSR count). The maximum atomic E-state index is 13.0. The van der Waals surface area contributed by atoms with Crippen LogP contribution >= 0.6 is 0 Å². The number of rotatable bonds is 7. The lowest BCUT2D eigenvalue weighted by Gasteiger charge is -2.04. The predicted molar refractivity (Wildman–Crippen MR) is 90.8 cm³/mol. The molecule has 0 aliphatic heterocycles. The molecule has 0 atom stereocenters. The van der Waals surface area contributed by atoms with Gasteiger partial charge in [-0.3, -0.25) is 0 Å². The Morgan fingerprint density at radius 3 is 2.50 bits per heavy atom. The van der Waals surface area contributed by atoms with Crippen molar-refractivity contribution in [3.63, 3.8) is 0 Å². The van der Waals surface area contributed by atoms with Crippen molar-refractivity contribution in [2.45, 2.75) is 26.4 Å². The SMILES string of the molecule is C=Nc1nc(OCc2ccc(F)cc2)ncc1F.CCCCNC. The number of nitrogens with zero attached hydrogens (tertiary/aromatic N) is 3. The van der Waals surface area contributed by atoms with Crippen LogP contribution in [0.3, 0.4) is 0 Å². The summed E-state index contributed by atoms with van der Waals surface area (Å²) in [5.74, 6) is -1.16. The summed E-state index contributed by atoms with van der Waals surface area (Å²) >= 11 is 0. The molecule has 130 valence electrons. The van der Waals surface area contributed by atoms with Crippen molar-refractivity contribution in [3.8, 4) is 6.01 Å². The van der Waals surface area contributed by atoms with Gasteiger partial charge in [0.1, 0.15) is 12.4 Å². The maximum absolute atomic E-state index is 13.0. The van der Waals surface area contributed by atoms with Crippen molar-refractivity contribution in [2.24, 2.45) is 4.99 Å². The Kier molecular flexibility index (Phi) is 9.14. The lowest BCUT2D eigenvalue weighted by molar-refractivity contribution is 0.279. The zero-order valence-corrected chi connectivity index (χ0v) is 13.9. The van der Waals surface area contributed by atoms with Crippen LogP contribution in [0.1, 0.15) is 25.3 Å². The topological polar surface area (TPSA) is 59.4 Å². The van der Waals surface area contributed by atoms with E-state index in [0.29, 0.717) is 0 Å². The van der Waals surface area contributed by atoms with Crippen molar-refractivity contribution in [2.75, 3.05) is 13.6 Å². The molecule has 1 aromatic heterocycles. The zero-order valence-electron chi connectivity index (χ0n) is 13.9. The molecular formula is C17H22F2N4O. The minimum absolute atomic E-state index is 0.0110. The molecule has 7 heteroatoms. The van der Waals surface area contributed by atoms with E-state index in [-0.39, 0.29) is 24.3 Å². The number of nitrogens with one attached hydrogen (secondary N) is 1. The van der Waals surface area contributed by atoms with Gasteiger partial charge in [-0.1, -0.05) is 25.5 Å². The smallest absolute Gasteiger partial charge is 0.318 e. The van der Waals surface area contributed by atoms with Crippen LogP contribution in [0.5, 0.6) is 6.01 Å². The number of aliphatic imine (C=N–C) groups is 1.